The van der Waals surface area contributed by atoms with Gasteiger partial charge >= 0.3 is 11.9 Å². The van der Waals surface area contributed by atoms with Gasteiger partial charge in [0, 0.05) is 26.3 Å². The second-order valence-electron chi connectivity index (χ2n) is 5.54. The number of para-hydroxylation sites is 1. The van der Waals surface area contributed by atoms with Gasteiger partial charge in [-0.1, -0.05) is 12.1 Å². The average Bonchev–Trinajstić information content (AvgIpc) is 2.64. The summed E-state index contributed by atoms with van der Waals surface area (Å²) in [4.78, 5) is 34.9. The highest BCUT2D eigenvalue weighted by Crippen LogP contribution is 2.19. The van der Waals surface area contributed by atoms with Crippen LogP contribution in [0.1, 0.15) is 27.6 Å². The van der Waals surface area contributed by atoms with Crippen molar-refractivity contribution in [2.75, 3.05) is 13.3 Å². The van der Waals surface area contributed by atoms with Gasteiger partial charge in [-0.05, 0) is 18.2 Å². The van der Waals surface area contributed by atoms with E-state index in [2.05, 4.69) is 5.32 Å². The SMILES string of the molecule is CNC(=O)c1ccc[n+](COC(=O)c2ccccc2OC(C)=O)c1.CS(=O)(=O)[O-]. The Morgan fingerprint density at radius 3 is 2.34 bits per heavy atom. The molecule has 0 aliphatic rings. The van der Waals surface area contributed by atoms with Crippen molar-refractivity contribution in [2.45, 2.75) is 13.7 Å². The number of benzene rings is 1. The summed E-state index contributed by atoms with van der Waals surface area (Å²) in [6.07, 6.45) is 3.83. The zero-order valence-corrected chi connectivity index (χ0v) is 16.8. The maximum absolute atomic E-state index is 12.2. The van der Waals surface area contributed by atoms with Crippen LogP contribution in [-0.4, -0.2) is 44.1 Å². The lowest BCUT2D eigenvalue weighted by atomic mass is 10.2. The summed E-state index contributed by atoms with van der Waals surface area (Å²) >= 11 is 0. The summed E-state index contributed by atoms with van der Waals surface area (Å²) in [5.74, 6) is -1.26. The predicted molar refractivity (Wildman–Crippen MR) is 98.8 cm³/mol. The summed E-state index contributed by atoms with van der Waals surface area (Å²) < 4.78 is 39.0. The van der Waals surface area contributed by atoms with Crippen LogP contribution in [0.3, 0.4) is 0 Å². The van der Waals surface area contributed by atoms with E-state index in [1.165, 1.54) is 26.1 Å². The second kappa shape index (κ2) is 10.9. The fraction of sp³-hybridized carbons (Fsp3) is 0.222. The summed E-state index contributed by atoms with van der Waals surface area (Å²) in [6.45, 7) is 1.17. The van der Waals surface area contributed by atoms with E-state index in [0.717, 1.165) is 0 Å². The molecule has 0 unspecified atom stereocenters. The molecule has 0 bridgehead atoms. The van der Waals surface area contributed by atoms with E-state index in [1.54, 1.807) is 41.2 Å². The second-order valence-corrected chi connectivity index (χ2v) is 6.95. The van der Waals surface area contributed by atoms with E-state index >= 15 is 0 Å². The monoisotopic (exact) mass is 424 g/mol. The van der Waals surface area contributed by atoms with E-state index in [4.69, 9.17) is 22.4 Å². The quantitative estimate of drug-likeness (QED) is 0.311. The molecule has 0 saturated carbocycles. The molecule has 1 heterocycles. The fourth-order valence-corrected chi connectivity index (χ4v) is 1.97. The Morgan fingerprint density at radius 2 is 1.76 bits per heavy atom. The molecular formula is C18H20N2O8S. The van der Waals surface area contributed by atoms with Crippen molar-refractivity contribution >= 4 is 28.0 Å². The first kappa shape index (κ1) is 23.7. The van der Waals surface area contributed by atoms with E-state index in [0.29, 0.717) is 11.8 Å². The lowest BCUT2D eigenvalue weighted by Crippen LogP contribution is -2.37. The highest BCUT2D eigenvalue weighted by molar-refractivity contribution is 7.84. The number of amides is 1. The summed E-state index contributed by atoms with van der Waals surface area (Å²) in [6, 6.07) is 9.63. The van der Waals surface area contributed by atoms with Gasteiger partial charge in [0.1, 0.15) is 16.9 Å². The van der Waals surface area contributed by atoms with Gasteiger partial charge < -0.3 is 19.3 Å². The van der Waals surface area contributed by atoms with E-state index in [1.807, 2.05) is 0 Å². The molecule has 0 spiro atoms. The van der Waals surface area contributed by atoms with Crippen molar-refractivity contribution in [3.05, 3.63) is 59.9 Å². The summed E-state index contributed by atoms with van der Waals surface area (Å²) in [7, 11) is -2.38. The van der Waals surface area contributed by atoms with Crippen LogP contribution in [0, 0.1) is 0 Å². The van der Waals surface area contributed by atoms with Crippen LogP contribution in [0.2, 0.25) is 0 Å². The van der Waals surface area contributed by atoms with Crippen molar-refractivity contribution in [3.8, 4) is 5.75 Å². The number of hydrogen-bond donors (Lipinski definition) is 1. The largest absolute Gasteiger partial charge is 0.748 e. The van der Waals surface area contributed by atoms with Crippen molar-refractivity contribution in [1.82, 2.24) is 5.32 Å². The molecule has 156 valence electrons. The summed E-state index contributed by atoms with van der Waals surface area (Å²) in [5.41, 5.74) is 0.590. The number of nitrogens with zero attached hydrogens (tertiary/aromatic N) is 1. The lowest BCUT2D eigenvalue weighted by molar-refractivity contribution is -0.727. The number of carbonyl (C=O) groups is 3. The number of rotatable bonds is 5. The highest BCUT2D eigenvalue weighted by Gasteiger charge is 2.17. The molecule has 10 nitrogen and oxygen atoms in total. The highest BCUT2D eigenvalue weighted by atomic mass is 32.2. The third kappa shape index (κ3) is 9.44. The van der Waals surface area contributed by atoms with Crippen LogP contribution in [0.25, 0.3) is 0 Å². The summed E-state index contributed by atoms with van der Waals surface area (Å²) in [5, 5.41) is 2.52. The van der Waals surface area contributed by atoms with Gasteiger partial charge in [-0.25, -0.2) is 13.2 Å². The van der Waals surface area contributed by atoms with Crippen molar-refractivity contribution in [1.29, 1.82) is 0 Å². The third-order valence-corrected chi connectivity index (χ3v) is 3.05. The van der Waals surface area contributed by atoms with Gasteiger partial charge in [0.25, 0.3) is 12.6 Å². The Labute approximate surface area is 167 Å². The Bertz CT molecular complexity index is 981. The first-order chi connectivity index (χ1) is 13.5. The number of carbonyl (C=O) groups excluding carboxylic acids is 3. The van der Waals surface area contributed by atoms with E-state index in [9.17, 15) is 14.4 Å². The molecule has 1 aromatic carbocycles. The standard InChI is InChI=1S/C17H16N2O5.CH4O3S/c1-12(20)24-15-8-4-3-7-14(15)17(22)23-11-19-9-5-6-13(10-19)16(21)18-2;1-5(2,3)4/h3-10H,11H2,1-2H3;1H3,(H,2,3,4). The molecule has 2 rings (SSSR count). The Kier molecular flexibility index (Phi) is 8.90. The van der Waals surface area contributed by atoms with Gasteiger partial charge in [-0.15, -0.1) is 0 Å². The third-order valence-electron chi connectivity index (χ3n) is 3.05. The number of aromatic nitrogens is 1. The molecule has 0 aliphatic carbocycles. The van der Waals surface area contributed by atoms with Gasteiger partial charge in [0.15, 0.2) is 12.4 Å². The lowest BCUT2D eigenvalue weighted by Gasteiger charge is -2.07. The predicted octanol–water partition coefficient (Wildman–Crippen LogP) is 0.235. The van der Waals surface area contributed by atoms with Crippen LogP contribution >= 0.6 is 0 Å². The minimum Gasteiger partial charge on any atom is -0.748 e. The molecular weight excluding hydrogens is 404 g/mol. The maximum atomic E-state index is 12.2. The minimum atomic E-state index is -3.92. The Hall–Kier alpha value is -3.31. The molecule has 0 radical (unpaired) electrons. The molecule has 0 atom stereocenters. The average molecular weight is 424 g/mol. The topological polar surface area (TPSA) is 143 Å². The van der Waals surface area contributed by atoms with Crippen LogP contribution in [0.5, 0.6) is 5.75 Å². The Morgan fingerprint density at radius 1 is 1.14 bits per heavy atom. The van der Waals surface area contributed by atoms with Crippen LogP contribution in [0.4, 0.5) is 0 Å². The van der Waals surface area contributed by atoms with Gasteiger partial charge in [0.2, 0.25) is 0 Å². The van der Waals surface area contributed by atoms with Crippen LogP contribution < -0.4 is 14.6 Å². The maximum Gasteiger partial charge on any atom is 0.346 e. The molecule has 29 heavy (non-hydrogen) atoms. The zero-order chi connectivity index (χ0) is 22.0. The number of hydrogen-bond acceptors (Lipinski definition) is 8. The molecule has 2 aromatic rings. The van der Waals surface area contributed by atoms with Gasteiger partial charge in [-0.3, -0.25) is 9.59 Å². The molecule has 1 aromatic heterocycles. The number of nitrogens with one attached hydrogen (secondary N) is 1. The molecule has 0 saturated heterocycles. The smallest absolute Gasteiger partial charge is 0.346 e. The number of pyridine rings is 1. The fourth-order valence-electron chi connectivity index (χ4n) is 1.97. The first-order valence-corrected chi connectivity index (χ1v) is 9.89. The zero-order valence-electron chi connectivity index (χ0n) is 15.9. The molecule has 1 amide bonds. The Balaban J connectivity index is 0.000000749. The molecule has 0 fully saturated rings. The molecule has 1 N–H and O–H groups in total. The van der Waals surface area contributed by atoms with E-state index < -0.39 is 22.1 Å². The van der Waals surface area contributed by atoms with Crippen molar-refractivity contribution in [3.63, 3.8) is 0 Å². The number of esters is 2. The molecule has 0 aliphatic heterocycles. The van der Waals surface area contributed by atoms with Gasteiger partial charge in [0.05, 0.1) is 10.1 Å². The van der Waals surface area contributed by atoms with Crippen LogP contribution in [0.15, 0.2) is 48.8 Å². The first-order valence-electron chi connectivity index (χ1n) is 8.08. The minimum absolute atomic E-state index is 0.0852. The van der Waals surface area contributed by atoms with Gasteiger partial charge in [-0.2, -0.15) is 4.57 Å². The molecule has 11 heteroatoms. The van der Waals surface area contributed by atoms with E-state index in [-0.39, 0.29) is 24.0 Å². The normalized spacial score (nSPS) is 10.2. The van der Waals surface area contributed by atoms with Crippen molar-refractivity contribution in [2.24, 2.45) is 0 Å². The van der Waals surface area contributed by atoms with Crippen molar-refractivity contribution < 1.29 is 41.4 Å². The van der Waals surface area contributed by atoms with Crippen LogP contribution in [-0.2, 0) is 26.4 Å². The number of ether oxygens (including phenoxy) is 2.